The molecule has 0 saturated heterocycles. The lowest BCUT2D eigenvalue weighted by Gasteiger charge is -2.28. The monoisotopic (exact) mass is 1130 g/mol. The second-order valence-corrected chi connectivity index (χ2v) is 15.8. The van der Waals surface area contributed by atoms with E-state index in [-0.39, 0.29) is 136 Å². The van der Waals surface area contributed by atoms with Gasteiger partial charge in [0.15, 0.2) is 0 Å². The van der Waals surface area contributed by atoms with Crippen LogP contribution in [0.15, 0.2) is 24.3 Å². The van der Waals surface area contributed by atoms with Gasteiger partial charge in [0.1, 0.15) is 0 Å². The number of hydrogen-bond acceptors (Lipinski definition) is 12. The summed E-state index contributed by atoms with van der Waals surface area (Å²) in [6.07, 6.45) is 18.9. The maximum atomic E-state index is 14.0. The Balaban J connectivity index is -0.000000886. The summed E-state index contributed by atoms with van der Waals surface area (Å²) in [5.74, 6) is -0.124. The lowest BCUT2D eigenvalue weighted by atomic mass is 10.2. The van der Waals surface area contributed by atoms with Crippen LogP contribution in [0, 0.1) is 0 Å². The minimum atomic E-state index is -0.0587. The molecule has 0 rings (SSSR count). The zero-order valence-corrected chi connectivity index (χ0v) is 47.6. The molecule has 0 fully saturated rings. The summed E-state index contributed by atoms with van der Waals surface area (Å²) in [6.45, 7) is 14.1. The van der Waals surface area contributed by atoms with Gasteiger partial charge in [-0.3, -0.25) is 38.7 Å². The Kier molecular flexibility index (Phi) is 76.7. The molecule has 17 nitrogen and oxygen atoms in total. The number of halogens is 7. The third kappa shape index (κ3) is 54.2. The molecule has 416 valence electrons. The number of carbonyl (C=O) groups is 5. The highest BCUT2D eigenvalue weighted by Gasteiger charge is 2.19. The van der Waals surface area contributed by atoms with E-state index in [2.05, 4.69) is 62.0 Å². The Labute approximate surface area is 460 Å². The van der Waals surface area contributed by atoms with Crippen molar-refractivity contribution in [1.82, 2.24) is 40.9 Å². The molecule has 0 aromatic rings. The van der Waals surface area contributed by atoms with E-state index < -0.39 is 0 Å². The number of nitrogens with one attached hydrogen (secondary N) is 4. The maximum absolute atomic E-state index is 14.0. The fraction of sp³-hybridized carbons (Fsp3) is 0.800. The normalized spacial score (nSPS) is 10.4. The minimum Gasteiger partial charge on any atom is -0.356 e. The van der Waals surface area contributed by atoms with Crippen LogP contribution >= 0.6 is 86.8 Å². The first-order valence-electron chi connectivity index (χ1n) is 23.8. The summed E-state index contributed by atoms with van der Waals surface area (Å²) in [5, 5.41) is 12.1. The van der Waals surface area contributed by atoms with Crippen LogP contribution in [0.2, 0.25) is 0 Å². The van der Waals surface area contributed by atoms with Gasteiger partial charge in [-0.2, -0.15) is 0 Å². The smallest absolute Gasteiger partial charge is 0.236 e. The molecular weight excluding hydrogens is 1040 g/mol. The molecule has 0 spiro atoms. The average molecular weight is 1130 g/mol. The van der Waals surface area contributed by atoms with E-state index in [1.165, 1.54) is 0 Å². The molecule has 0 aliphatic heterocycles. The molecule has 69 heavy (non-hydrogen) atoms. The fourth-order valence-electron chi connectivity index (χ4n) is 6.63. The molecule has 0 aliphatic carbocycles. The lowest BCUT2D eigenvalue weighted by molar-refractivity contribution is -0.133. The Bertz CT molecular complexity index is 1180. The molecule has 12 N–H and O–H groups in total. The van der Waals surface area contributed by atoms with Gasteiger partial charge in [-0.05, 0) is 136 Å². The summed E-state index contributed by atoms with van der Waals surface area (Å²) in [6, 6.07) is 0. The van der Waals surface area contributed by atoms with Crippen molar-refractivity contribution in [2.24, 2.45) is 22.9 Å². The van der Waals surface area contributed by atoms with Crippen molar-refractivity contribution in [2.45, 2.75) is 110 Å². The van der Waals surface area contributed by atoms with Crippen LogP contribution in [-0.4, -0.2) is 173 Å². The van der Waals surface area contributed by atoms with E-state index in [4.69, 9.17) is 22.9 Å². The van der Waals surface area contributed by atoms with Crippen LogP contribution in [0.3, 0.4) is 0 Å². The zero-order valence-electron chi connectivity index (χ0n) is 41.8. The number of rotatable bonds is 43. The fourth-order valence-corrected chi connectivity index (χ4v) is 6.63. The average Bonchev–Trinajstić information content (AvgIpc) is 3.26. The second kappa shape index (κ2) is 62.7. The molecule has 0 unspecified atom stereocenters. The number of amides is 5. The van der Waals surface area contributed by atoms with Crippen LogP contribution in [0.1, 0.15) is 110 Å². The summed E-state index contributed by atoms with van der Waals surface area (Å²) < 4.78 is 0. The highest BCUT2D eigenvalue weighted by molar-refractivity contribution is 5.86. The first kappa shape index (κ1) is 84.4. The molecule has 5 amide bonds. The van der Waals surface area contributed by atoms with E-state index in [1.54, 1.807) is 0 Å². The van der Waals surface area contributed by atoms with Crippen LogP contribution in [-0.2, 0) is 24.0 Å². The van der Waals surface area contributed by atoms with Crippen molar-refractivity contribution in [3.63, 3.8) is 0 Å². The van der Waals surface area contributed by atoms with Crippen LogP contribution in [0.5, 0.6) is 0 Å². The van der Waals surface area contributed by atoms with Gasteiger partial charge in [-0.25, -0.2) is 0 Å². The van der Waals surface area contributed by atoms with Crippen molar-refractivity contribution in [3.05, 3.63) is 24.3 Å². The predicted octanol–water partition coefficient (Wildman–Crippen LogP) is 3.98. The molecule has 0 aliphatic rings. The van der Waals surface area contributed by atoms with Gasteiger partial charge in [0, 0.05) is 65.2 Å². The van der Waals surface area contributed by atoms with Crippen LogP contribution in [0.4, 0.5) is 0 Å². The number of hydrogen-bond donors (Lipinski definition) is 8. The van der Waals surface area contributed by atoms with E-state index in [0.29, 0.717) is 117 Å². The Morgan fingerprint density at radius 2 is 0.681 bits per heavy atom. The summed E-state index contributed by atoms with van der Waals surface area (Å²) in [7, 11) is 0. The number of unbranched alkanes of at least 4 members (excludes halogenated alkanes) is 1. The molecule has 0 aromatic heterocycles. The third-order valence-electron chi connectivity index (χ3n) is 10.1. The number of nitrogens with two attached hydrogens (primary N) is 4. The zero-order chi connectivity index (χ0) is 45.9. The van der Waals surface area contributed by atoms with E-state index in [0.717, 1.165) is 84.0 Å². The predicted molar refractivity (Wildman–Crippen MR) is 304 cm³/mol. The van der Waals surface area contributed by atoms with Crippen molar-refractivity contribution in [3.8, 4) is 0 Å². The number of nitrogens with zero attached hydrogens (tertiary/aromatic N) is 4. The maximum Gasteiger partial charge on any atom is 0.236 e. The summed E-state index contributed by atoms with van der Waals surface area (Å²) in [4.78, 5) is 72.5. The van der Waals surface area contributed by atoms with Gasteiger partial charge in [0.2, 0.25) is 29.5 Å². The van der Waals surface area contributed by atoms with Crippen molar-refractivity contribution in [2.75, 3.05) is 124 Å². The highest BCUT2D eigenvalue weighted by atomic mass is 35.5. The van der Waals surface area contributed by atoms with Crippen LogP contribution in [0.25, 0.3) is 0 Å². The first-order valence-corrected chi connectivity index (χ1v) is 23.8. The van der Waals surface area contributed by atoms with E-state index in [1.807, 2.05) is 17.1 Å². The number of carbonyl (C=O) groups excluding carboxylic acids is 5. The first-order chi connectivity index (χ1) is 30.1. The second-order valence-electron chi connectivity index (χ2n) is 15.8. The SMILES string of the molecule is CC/C=C\CCC(=O)NCCCCN(CCCNC(=O)CC/C=C\CC)C(=O)CN(CCCNC(=O)CN(CCCN)CCCN)CCCNC(=O)CN(CCCN)CCCN.Cl.Cl.Cl.Cl.Cl.Cl.Cl. The number of allylic oxidation sites excluding steroid dienone is 4. The largest absolute Gasteiger partial charge is 0.356 e. The quantitative estimate of drug-likeness (QED) is 0.0319. The Hall–Kier alpha value is -1.42. The molecule has 0 radical (unpaired) electrons. The van der Waals surface area contributed by atoms with E-state index in [9.17, 15) is 24.0 Å². The molecule has 0 bridgehead atoms. The van der Waals surface area contributed by atoms with Gasteiger partial charge >= 0.3 is 0 Å². The van der Waals surface area contributed by atoms with Gasteiger partial charge in [-0.15, -0.1) is 86.8 Å². The summed E-state index contributed by atoms with van der Waals surface area (Å²) >= 11 is 0. The van der Waals surface area contributed by atoms with Gasteiger partial charge in [0.25, 0.3) is 0 Å². The lowest BCUT2D eigenvalue weighted by Crippen LogP contribution is -2.44. The molecule has 24 heteroatoms. The molecule has 0 atom stereocenters. The van der Waals surface area contributed by atoms with Gasteiger partial charge in [0.05, 0.1) is 19.6 Å². The van der Waals surface area contributed by atoms with Crippen molar-refractivity contribution in [1.29, 1.82) is 0 Å². The van der Waals surface area contributed by atoms with Crippen molar-refractivity contribution < 1.29 is 24.0 Å². The van der Waals surface area contributed by atoms with Gasteiger partial charge in [-0.1, -0.05) is 38.2 Å². The van der Waals surface area contributed by atoms with Gasteiger partial charge < -0.3 is 49.1 Å². The summed E-state index contributed by atoms with van der Waals surface area (Å²) in [5.41, 5.74) is 22.8. The third-order valence-corrected chi connectivity index (χ3v) is 10.1. The molecule has 0 saturated carbocycles. The van der Waals surface area contributed by atoms with E-state index >= 15 is 0 Å². The standard InChI is InChI=1S/C45H90N12O5.7ClH/c1-3-5-7-9-20-41(58)50-26-11-12-36-57(37-19-29-51-42(59)21-10-8-6-4-2)45(62)40-56(34-17-27-52-43(60)38-54(30-13-22-46)31-14-23-47)35-18-28-53-44(61)39-55(32-15-24-48)33-16-25-49;;;;;;;/h5-8H,3-4,9-40,46-49H2,1-2H3,(H,50,58)(H,51,59)(H,52,60)(H,53,61);7*1H/b7-5-,8-6-;;;;;;;. The minimum absolute atomic E-state index is 0. The Morgan fingerprint density at radius 3 is 1.04 bits per heavy atom. The Morgan fingerprint density at radius 1 is 0.377 bits per heavy atom. The molecule has 0 heterocycles. The van der Waals surface area contributed by atoms with Crippen LogP contribution < -0.4 is 44.2 Å². The van der Waals surface area contributed by atoms with Crippen molar-refractivity contribution >= 4 is 116 Å². The molecular formula is C45H97Cl7N12O5. The topological polar surface area (TPSA) is 251 Å². The highest BCUT2D eigenvalue weighted by Crippen LogP contribution is 2.04. The molecule has 0 aromatic carbocycles.